The van der Waals surface area contributed by atoms with E-state index in [0.717, 1.165) is 22.7 Å². The summed E-state index contributed by atoms with van der Waals surface area (Å²) in [6, 6.07) is 12.4. The van der Waals surface area contributed by atoms with E-state index in [-0.39, 0.29) is 6.04 Å². The van der Waals surface area contributed by atoms with Crippen molar-refractivity contribution in [1.29, 1.82) is 0 Å². The maximum Gasteiger partial charge on any atom is 0.124 e. The fraction of sp³-hybridized carbons (Fsp3) is 0.333. The van der Waals surface area contributed by atoms with Crippen molar-refractivity contribution in [1.82, 2.24) is 0 Å². The number of anilines is 1. The molecule has 0 amide bonds. The average molecular weight is 285 g/mol. The lowest BCUT2D eigenvalue weighted by Crippen LogP contribution is -2.08. The second-order valence-corrected chi connectivity index (χ2v) is 5.35. The Kier molecular flexibility index (Phi) is 4.73. The molecule has 112 valence electrons. The van der Waals surface area contributed by atoms with Crippen molar-refractivity contribution in [2.75, 3.05) is 19.5 Å². The molecule has 3 heteroatoms. The third-order valence-corrected chi connectivity index (χ3v) is 3.51. The molecule has 2 aromatic carbocycles. The van der Waals surface area contributed by atoms with Crippen molar-refractivity contribution in [3.05, 3.63) is 53.1 Å². The van der Waals surface area contributed by atoms with E-state index in [1.54, 1.807) is 14.2 Å². The number of nitrogens with one attached hydrogen (secondary N) is 1. The number of methoxy groups -OCH3 is 2. The molecule has 1 unspecified atom stereocenters. The fourth-order valence-electron chi connectivity index (χ4n) is 2.56. The Bertz CT molecular complexity index is 602. The van der Waals surface area contributed by atoms with Crippen LogP contribution in [-0.4, -0.2) is 14.2 Å². The van der Waals surface area contributed by atoms with Crippen molar-refractivity contribution < 1.29 is 9.47 Å². The van der Waals surface area contributed by atoms with Gasteiger partial charge < -0.3 is 14.8 Å². The molecule has 21 heavy (non-hydrogen) atoms. The molecule has 0 radical (unpaired) electrons. The first-order valence-corrected chi connectivity index (χ1v) is 7.10. The van der Waals surface area contributed by atoms with E-state index in [4.69, 9.17) is 9.47 Å². The standard InChI is InChI=1S/C18H23NO2/c1-12-8-13(2)10-15(9-12)19-14(3)17-11-16(20-4)6-7-18(17)21-5/h6-11,14,19H,1-5H3. The Morgan fingerprint density at radius 2 is 1.57 bits per heavy atom. The number of rotatable bonds is 5. The predicted molar refractivity (Wildman–Crippen MR) is 87.5 cm³/mol. The van der Waals surface area contributed by atoms with Gasteiger partial charge in [-0.25, -0.2) is 0 Å². The van der Waals surface area contributed by atoms with Crippen LogP contribution in [0.4, 0.5) is 5.69 Å². The molecule has 2 aromatic rings. The van der Waals surface area contributed by atoms with Gasteiger partial charge >= 0.3 is 0 Å². The Morgan fingerprint density at radius 1 is 0.905 bits per heavy atom. The topological polar surface area (TPSA) is 30.5 Å². The molecule has 0 aliphatic heterocycles. The van der Waals surface area contributed by atoms with Gasteiger partial charge in [0, 0.05) is 11.3 Å². The maximum atomic E-state index is 5.46. The number of ether oxygens (including phenoxy) is 2. The molecular weight excluding hydrogens is 262 g/mol. The molecule has 1 atom stereocenters. The quantitative estimate of drug-likeness (QED) is 0.877. The lowest BCUT2D eigenvalue weighted by Gasteiger charge is -2.20. The summed E-state index contributed by atoms with van der Waals surface area (Å²) in [5.74, 6) is 1.69. The highest BCUT2D eigenvalue weighted by molar-refractivity contribution is 5.52. The Balaban J connectivity index is 2.28. The van der Waals surface area contributed by atoms with Crippen LogP contribution < -0.4 is 14.8 Å². The van der Waals surface area contributed by atoms with Crippen molar-refractivity contribution >= 4 is 5.69 Å². The molecule has 0 spiro atoms. The minimum absolute atomic E-state index is 0.122. The molecule has 0 aromatic heterocycles. The molecule has 3 nitrogen and oxygen atoms in total. The Morgan fingerprint density at radius 3 is 2.14 bits per heavy atom. The minimum atomic E-state index is 0.122. The van der Waals surface area contributed by atoms with E-state index in [0.29, 0.717) is 0 Å². The molecule has 0 saturated carbocycles. The first-order chi connectivity index (χ1) is 10.0. The van der Waals surface area contributed by atoms with Gasteiger partial charge in [0.25, 0.3) is 0 Å². The number of benzene rings is 2. The van der Waals surface area contributed by atoms with Gasteiger partial charge in [-0.3, -0.25) is 0 Å². The second kappa shape index (κ2) is 6.53. The first-order valence-electron chi connectivity index (χ1n) is 7.10. The summed E-state index contributed by atoms with van der Waals surface area (Å²) in [5.41, 5.74) is 4.70. The normalized spacial score (nSPS) is 11.9. The Labute approximate surface area is 126 Å². The SMILES string of the molecule is COc1ccc(OC)c(C(C)Nc2cc(C)cc(C)c2)c1. The van der Waals surface area contributed by atoms with Crippen LogP contribution in [0.15, 0.2) is 36.4 Å². The van der Waals surface area contributed by atoms with E-state index in [1.807, 2.05) is 18.2 Å². The van der Waals surface area contributed by atoms with Gasteiger partial charge in [0.2, 0.25) is 0 Å². The number of aryl methyl sites for hydroxylation is 2. The van der Waals surface area contributed by atoms with E-state index in [2.05, 4.69) is 44.3 Å². The monoisotopic (exact) mass is 285 g/mol. The van der Waals surface area contributed by atoms with E-state index in [1.165, 1.54) is 11.1 Å². The third kappa shape index (κ3) is 3.69. The van der Waals surface area contributed by atoms with Crippen LogP contribution in [-0.2, 0) is 0 Å². The minimum Gasteiger partial charge on any atom is -0.497 e. The highest BCUT2D eigenvalue weighted by Crippen LogP contribution is 2.31. The summed E-state index contributed by atoms with van der Waals surface area (Å²) in [6.07, 6.45) is 0. The average Bonchev–Trinajstić information content (AvgIpc) is 2.45. The molecule has 2 rings (SSSR count). The summed E-state index contributed by atoms with van der Waals surface area (Å²) in [4.78, 5) is 0. The van der Waals surface area contributed by atoms with Crippen molar-refractivity contribution in [3.63, 3.8) is 0 Å². The molecule has 0 fully saturated rings. The van der Waals surface area contributed by atoms with Crippen LogP contribution in [0.2, 0.25) is 0 Å². The summed E-state index contributed by atoms with van der Waals surface area (Å²) < 4.78 is 10.8. The molecular formula is C18H23NO2. The summed E-state index contributed by atoms with van der Waals surface area (Å²) in [5, 5.41) is 3.53. The summed E-state index contributed by atoms with van der Waals surface area (Å²) in [6.45, 7) is 6.33. The van der Waals surface area contributed by atoms with Crippen molar-refractivity contribution in [2.24, 2.45) is 0 Å². The molecule has 0 aliphatic carbocycles. The highest BCUT2D eigenvalue weighted by Gasteiger charge is 2.13. The largest absolute Gasteiger partial charge is 0.497 e. The molecule has 1 N–H and O–H groups in total. The molecule has 0 heterocycles. The Hall–Kier alpha value is -2.16. The third-order valence-electron chi connectivity index (χ3n) is 3.51. The van der Waals surface area contributed by atoms with Crippen LogP contribution in [0.3, 0.4) is 0 Å². The highest BCUT2D eigenvalue weighted by atomic mass is 16.5. The van der Waals surface area contributed by atoms with Gasteiger partial charge in [-0.2, -0.15) is 0 Å². The van der Waals surface area contributed by atoms with Gasteiger partial charge in [0.15, 0.2) is 0 Å². The molecule has 0 bridgehead atoms. The zero-order chi connectivity index (χ0) is 15.4. The molecule has 0 saturated heterocycles. The lowest BCUT2D eigenvalue weighted by atomic mass is 10.1. The van der Waals surface area contributed by atoms with Gasteiger partial charge in [0.05, 0.1) is 20.3 Å². The van der Waals surface area contributed by atoms with Crippen LogP contribution in [0.25, 0.3) is 0 Å². The van der Waals surface area contributed by atoms with Crippen LogP contribution in [0.1, 0.15) is 29.7 Å². The molecule has 0 aliphatic rings. The van der Waals surface area contributed by atoms with Gasteiger partial charge in [-0.1, -0.05) is 6.07 Å². The number of hydrogen-bond acceptors (Lipinski definition) is 3. The summed E-state index contributed by atoms with van der Waals surface area (Å²) in [7, 11) is 3.36. The van der Waals surface area contributed by atoms with E-state index in [9.17, 15) is 0 Å². The smallest absolute Gasteiger partial charge is 0.124 e. The van der Waals surface area contributed by atoms with Gasteiger partial charge in [0.1, 0.15) is 11.5 Å². The van der Waals surface area contributed by atoms with Crippen LogP contribution in [0, 0.1) is 13.8 Å². The van der Waals surface area contributed by atoms with E-state index >= 15 is 0 Å². The van der Waals surface area contributed by atoms with Gasteiger partial charge in [-0.05, 0) is 62.2 Å². The maximum absolute atomic E-state index is 5.46. The van der Waals surface area contributed by atoms with Crippen LogP contribution in [0.5, 0.6) is 11.5 Å². The number of hydrogen-bond donors (Lipinski definition) is 1. The first kappa shape index (κ1) is 15.2. The van der Waals surface area contributed by atoms with Crippen molar-refractivity contribution in [2.45, 2.75) is 26.8 Å². The fourth-order valence-corrected chi connectivity index (χ4v) is 2.56. The van der Waals surface area contributed by atoms with E-state index < -0.39 is 0 Å². The van der Waals surface area contributed by atoms with Crippen LogP contribution >= 0.6 is 0 Å². The van der Waals surface area contributed by atoms with Crippen molar-refractivity contribution in [3.8, 4) is 11.5 Å². The zero-order valence-electron chi connectivity index (χ0n) is 13.4. The lowest BCUT2D eigenvalue weighted by molar-refractivity contribution is 0.397. The zero-order valence-corrected chi connectivity index (χ0v) is 13.4. The predicted octanol–water partition coefficient (Wildman–Crippen LogP) is 4.49. The van der Waals surface area contributed by atoms with Gasteiger partial charge in [-0.15, -0.1) is 0 Å². The summed E-state index contributed by atoms with van der Waals surface area (Å²) >= 11 is 0. The second-order valence-electron chi connectivity index (χ2n) is 5.35.